The highest BCUT2D eigenvalue weighted by Crippen LogP contribution is 2.25. The molecule has 1 atom stereocenters. The minimum atomic E-state index is -0.398. The van der Waals surface area contributed by atoms with E-state index in [1.54, 1.807) is 0 Å². The van der Waals surface area contributed by atoms with Crippen LogP contribution in [0.3, 0.4) is 0 Å². The van der Waals surface area contributed by atoms with Gasteiger partial charge in [-0.15, -0.1) is 0 Å². The molecule has 0 aliphatic carbocycles. The number of amides is 2. The number of rotatable bonds is 5. The van der Waals surface area contributed by atoms with Gasteiger partial charge >= 0.3 is 0 Å². The summed E-state index contributed by atoms with van der Waals surface area (Å²) < 4.78 is 0. The van der Waals surface area contributed by atoms with Crippen molar-refractivity contribution in [3.05, 3.63) is 29.3 Å². The standard InChI is InChI=1S/C16H22N2O2S/c1-10(2)21-9-12-5-4-6-13(11(12)3)18-16(20)14-7-8-15(19)17-14/h4-6,10,14H,7-9H2,1-3H3,(H,17,19)(H,18,20)/t14-/m1/s1. The Morgan fingerprint density at radius 1 is 1.48 bits per heavy atom. The fraction of sp³-hybridized carbons (Fsp3) is 0.500. The average Bonchev–Trinajstić information content (AvgIpc) is 2.86. The maximum atomic E-state index is 12.2. The lowest BCUT2D eigenvalue weighted by Gasteiger charge is -2.15. The third-order valence-corrected chi connectivity index (χ3v) is 4.73. The molecule has 0 bridgehead atoms. The third kappa shape index (κ3) is 4.24. The molecule has 1 saturated heterocycles. The van der Waals surface area contributed by atoms with Gasteiger partial charge in [0.25, 0.3) is 0 Å². The molecule has 1 aliphatic rings. The number of thioether (sulfide) groups is 1. The summed E-state index contributed by atoms with van der Waals surface area (Å²) in [6, 6.07) is 5.57. The molecule has 5 heteroatoms. The molecule has 21 heavy (non-hydrogen) atoms. The molecule has 4 nitrogen and oxygen atoms in total. The van der Waals surface area contributed by atoms with Crippen LogP contribution < -0.4 is 10.6 Å². The molecule has 1 aromatic rings. The first-order valence-electron chi connectivity index (χ1n) is 7.27. The molecule has 2 amide bonds. The molecule has 0 aromatic heterocycles. The van der Waals surface area contributed by atoms with Gasteiger partial charge in [0.2, 0.25) is 11.8 Å². The number of hydrogen-bond donors (Lipinski definition) is 2. The summed E-state index contributed by atoms with van der Waals surface area (Å²) >= 11 is 1.88. The molecule has 1 heterocycles. The van der Waals surface area contributed by atoms with E-state index in [4.69, 9.17) is 0 Å². The van der Waals surface area contributed by atoms with E-state index >= 15 is 0 Å². The molecular weight excluding hydrogens is 284 g/mol. The van der Waals surface area contributed by atoms with Crippen LogP contribution >= 0.6 is 11.8 Å². The number of carbonyl (C=O) groups excluding carboxylic acids is 2. The van der Waals surface area contributed by atoms with Gasteiger partial charge in [-0.25, -0.2) is 0 Å². The van der Waals surface area contributed by atoms with Crippen LogP contribution in [0, 0.1) is 6.92 Å². The van der Waals surface area contributed by atoms with Gasteiger partial charge in [-0.3, -0.25) is 9.59 Å². The largest absolute Gasteiger partial charge is 0.344 e. The summed E-state index contributed by atoms with van der Waals surface area (Å²) in [7, 11) is 0. The van der Waals surface area contributed by atoms with Crippen molar-refractivity contribution in [1.82, 2.24) is 5.32 Å². The second kappa shape index (κ2) is 6.98. The zero-order valence-electron chi connectivity index (χ0n) is 12.7. The van der Waals surface area contributed by atoms with Crippen LogP contribution in [0.25, 0.3) is 0 Å². The monoisotopic (exact) mass is 306 g/mol. The molecule has 114 valence electrons. The Bertz CT molecular complexity index is 543. The van der Waals surface area contributed by atoms with Gasteiger partial charge in [0.05, 0.1) is 0 Å². The average molecular weight is 306 g/mol. The summed E-state index contributed by atoms with van der Waals surface area (Å²) in [5, 5.41) is 6.21. The highest BCUT2D eigenvalue weighted by atomic mass is 32.2. The van der Waals surface area contributed by atoms with Crippen LogP contribution in [0.5, 0.6) is 0 Å². The Morgan fingerprint density at radius 2 is 2.24 bits per heavy atom. The van der Waals surface area contributed by atoms with E-state index in [2.05, 4.69) is 30.5 Å². The summed E-state index contributed by atoms with van der Waals surface area (Å²) in [5.41, 5.74) is 3.17. The van der Waals surface area contributed by atoms with Gasteiger partial charge in [0, 0.05) is 17.9 Å². The normalized spacial score (nSPS) is 17.9. The summed E-state index contributed by atoms with van der Waals surface area (Å²) in [6.45, 7) is 6.38. The summed E-state index contributed by atoms with van der Waals surface area (Å²) in [5.74, 6) is 0.763. The molecular formula is C16H22N2O2S. The molecule has 0 saturated carbocycles. The van der Waals surface area contributed by atoms with Gasteiger partial charge in [0.15, 0.2) is 0 Å². The fourth-order valence-corrected chi connectivity index (χ4v) is 3.09. The first kappa shape index (κ1) is 15.9. The van der Waals surface area contributed by atoms with Crippen molar-refractivity contribution in [2.24, 2.45) is 0 Å². The fourth-order valence-electron chi connectivity index (χ4n) is 2.26. The Labute approximate surface area is 130 Å². The minimum Gasteiger partial charge on any atom is -0.344 e. The smallest absolute Gasteiger partial charge is 0.246 e. The van der Waals surface area contributed by atoms with Crippen LogP contribution in [0.15, 0.2) is 18.2 Å². The molecule has 2 rings (SSSR count). The number of benzene rings is 1. The first-order chi connectivity index (χ1) is 9.97. The van der Waals surface area contributed by atoms with Crippen LogP contribution in [-0.4, -0.2) is 23.1 Å². The number of carbonyl (C=O) groups is 2. The van der Waals surface area contributed by atoms with E-state index in [-0.39, 0.29) is 11.8 Å². The van der Waals surface area contributed by atoms with E-state index < -0.39 is 6.04 Å². The summed E-state index contributed by atoms with van der Waals surface area (Å²) in [4.78, 5) is 23.3. The Morgan fingerprint density at radius 3 is 2.86 bits per heavy atom. The highest BCUT2D eigenvalue weighted by molar-refractivity contribution is 7.99. The lowest BCUT2D eigenvalue weighted by molar-refractivity contribution is -0.122. The van der Waals surface area contributed by atoms with Crippen molar-refractivity contribution in [3.63, 3.8) is 0 Å². The molecule has 2 N–H and O–H groups in total. The predicted molar refractivity (Wildman–Crippen MR) is 87.4 cm³/mol. The van der Waals surface area contributed by atoms with Crippen molar-refractivity contribution < 1.29 is 9.59 Å². The molecule has 1 fully saturated rings. The molecule has 0 spiro atoms. The van der Waals surface area contributed by atoms with Gasteiger partial charge < -0.3 is 10.6 Å². The van der Waals surface area contributed by atoms with E-state index in [9.17, 15) is 9.59 Å². The Balaban J connectivity index is 2.04. The predicted octanol–water partition coefficient (Wildman–Crippen LogP) is 2.85. The van der Waals surface area contributed by atoms with Gasteiger partial charge in [-0.2, -0.15) is 11.8 Å². The molecule has 1 aliphatic heterocycles. The number of hydrogen-bond acceptors (Lipinski definition) is 3. The first-order valence-corrected chi connectivity index (χ1v) is 8.32. The topological polar surface area (TPSA) is 58.2 Å². The minimum absolute atomic E-state index is 0.0473. The Hall–Kier alpha value is -1.49. The van der Waals surface area contributed by atoms with Crippen LogP contribution in [0.4, 0.5) is 5.69 Å². The molecule has 0 radical (unpaired) electrons. The van der Waals surface area contributed by atoms with Crippen LogP contribution in [-0.2, 0) is 15.3 Å². The number of anilines is 1. The van der Waals surface area contributed by atoms with Gasteiger partial charge in [-0.1, -0.05) is 26.0 Å². The van der Waals surface area contributed by atoms with E-state index in [1.807, 2.05) is 30.8 Å². The lowest BCUT2D eigenvalue weighted by Crippen LogP contribution is -2.37. The van der Waals surface area contributed by atoms with Crippen molar-refractivity contribution in [2.45, 2.75) is 50.7 Å². The van der Waals surface area contributed by atoms with E-state index in [0.29, 0.717) is 18.1 Å². The van der Waals surface area contributed by atoms with Crippen LogP contribution in [0.1, 0.15) is 37.8 Å². The van der Waals surface area contributed by atoms with Gasteiger partial charge in [-0.05, 0) is 35.8 Å². The maximum Gasteiger partial charge on any atom is 0.246 e. The number of nitrogens with one attached hydrogen (secondary N) is 2. The quantitative estimate of drug-likeness (QED) is 0.879. The van der Waals surface area contributed by atoms with Crippen molar-refractivity contribution in [1.29, 1.82) is 0 Å². The molecule has 0 unspecified atom stereocenters. The third-order valence-electron chi connectivity index (χ3n) is 3.59. The summed E-state index contributed by atoms with van der Waals surface area (Å²) in [6.07, 6.45) is 1.01. The Kier molecular flexibility index (Phi) is 5.28. The van der Waals surface area contributed by atoms with E-state index in [1.165, 1.54) is 5.56 Å². The van der Waals surface area contributed by atoms with Crippen molar-refractivity contribution in [2.75, 3.05) is 5.32 Å². The lowest BCUT2D eigenvalue weighted by atomic mass is 10.1. The maximum absolute atomic E-state index is 12.2. The highest BCUT2D eigenvalue weighted by Gasteiger charge is 2.27. The van der Waals surface area contributed by atoms with Crippen LogP contribution in [0.2, 0.25) is 0 Å². The van der Waals surface area contributed by atoms with Crippen molar-refractivity contribution in [3.8, 4) is 0 Å². The van der Waals surface area contributed by atoms with E-state index in [0.717, 1.165) is 17.0 Å². The second-order valence-corrected chi connectivity index (χ2v) is 7.16. The SMILES string of the molecule is Cc1c(CSC(C)C)cccc1NC(=O)[C@H]1CCC(=O)N1. The van der Waals surface area contributed by atoms with Crippen molar-refractivity contribution >= 4 is 29.3 Å². The van der Waals surface area contributed by atoms with Gasteiger partial charge in [0.1, 0.15) is 6.04 Å². The zero-order chi connectivity index (χ0) is 15.4. The second-order valence-electron chi connectivity index (χ2n) is 5.60. The molecule has 1 aromatic carbocycles. The zero-order valence-corrected chi connectivity index (χ0v) is 13.5.